The van der Waals surface area contributed by atoms with Gasteiger partial charge >= 0.3 is 0 Å². The van der Waals surface area contributed by atoms with Crippen LogP contribution < -0.4 is 4.90 Å². The lowest BCUT2D eigenvalue weighted by atomic mass is 10.1. The molecule has 23 heavy (non-hydrogen) atoms. The number of aryl methyl sites for hydroxylation is 2. The Kier molecular flexibility index (Phi) is 4.66. The van der Waals surface area contributed by atoms with Gasteiger partial charge in [-0.15, -0.1) is 11.8 Å². The maximum atomic E-state index is 14.1. The van der Waals surface area contributed by atoms with Gasteiger partial charge in [-0.1, -0.05) is 11.2 Å². The minimum absolute atomic E-state index is 0.0500. The molecule has 0 spiro atoms. The highest BCUT2D eigenvalue weighted by Crippen LogP contribution is 2.31. The number of rotatable bonds is 4. The Hall–Kier alpha value is -1.89. The van der Waals surface area contributed by atoms with Gasteiger partial charge in [0.05, 0.1) is 16.7 Å². The minimum Gasteiger partial charge on any atom is -0.340 e. The van der Waals surface area contributed by atoms with Crippen molar-refractivity contribution in [2.45, 2.75) is 37.7 Å². The van der Waals surface area contributed by atoms with Gasteiger partial charge in [-0.2, -0.15) is 4.98 Å². The predicted octanol–water partition coefficient (Wildman–Crippen LogP) is 3.25. The third-order valence-corrected chi connectivity index (χ3v) is 5.03. The van der Waals surface area contributed by atoms with Crippen LogP contribution in [0.2, 0.25) is 0 Å². The van der Waals surface area contributed by atoms with Gasteiger partial charge in [-0.05, 0) is 37.5 Å². The normalized spacial score (nSPS) is 18.5. The molecule has 0 bridgehead atoms. The summed E-state index contributed by atoms with van der Waals surface area (Å²) in [4.78, 5) is 18.4. The second kappa shape index (κ2) is 6.70. The summed E-state index contributed by atoms with van der Waals surface area (Å²) < 4.78 is 19.0. The standard InChI is InChI=1S/C16H18FN3O2S/c1-10-5-6-12(17)13(8-10)20-7-3-4-14(16(20)21)23-9-15-18-11(2)22-19-15/h5-6,8,14H,3-4,7,9H2,1-2H3/t14-/m0/s1. The summed E-state index contributed by atoms with van der Waals surface area (Å²) in [5.41, 5.74) is 1.31. The molecule has 0 radical (unpaired) electrons. The third kappa shape index (κ3) is 3.55. The summed E-state index contributed by atoms with van der Waals surface area (Å²) in [5.74, 6) is 1.20. The van der Waals surface area contributed by atoms with E-state index in [1.807, 2.05) is 6.92 Å². The van der Waals surface area contributed by atoms with Crippen LogP contribution in [0.1, 0.15) is 30.1 Å². The maximum Gasteiger partial charge on any atom is 0.240 e. The first-order chi connectivity index (χ1) is 11.0. The van der Waals surface area contributed by atoms with E-state index in [0.29, 0.717) is 29.7 Å². The van der Waals surface area contributed by atoms with Crippen LogP contribution >= 0.6 is 11.8 Å². The van der Waals surface area contributed by atoms with E-state index in [4.69, 9.17) is 4.52 Å². The van der Waals surface area contributed by atoms with Crippen LogP contribution in [0.4, 0.5) is 10.1 Å². The molecule has 0 unspecified atom stereocenters. The zero-order valence-corrected chi connectivity index (χ0v) is 13.9. The van der Waals surface area contributed by atoms with Crippen molar-refractivity contribution in [3.8, 4) is 0 Å². The summed E-state index contributed by atoms with van der Waals surface area (Å²) in [5, 5.41) is 3.63. The molecule has 0 saturated carbocycles. The summed E-state index contributed by atoms with van der Waals surface area (Å²) >= 11 is 1.48. The van der Waals surface area contributed by atoms with Gasteiger partial charge in [-0.25, -0.2) is 4.39 Å². The van der Waals surface area contributed by atoms with Crippen molar-refractivity contribution in [1.82, 2.24) is 10.1 Å². The monoisotopic (exact) mass is 335 g/mol. The van der Waals surface area contributed by atoms with Gasteiger partial charge in [0, 0.05) is 13.5 Å². The fraction of sp³-hybridized carbons (Fsp3) is 0.438. The van der Waals surface area contributed by atoms with Crippen LogP contribution in [-0.2, 0) is 10.5 Å². The second-order valence-corrected chi connectivity index (χ2v) is 6.81. The highest BCUT2D eigenvalue weighted by molar-refractivity contribution is 7.99. The number of benzene rings is 1. The van der Waals surface area contributed by atoms with Gasteiger partial charge in [-0.3, -0.25) is 4.79 Å². The smallest absolute Gasteiger partial charge is 0.240 e. The average Bonchev–Trinajstić information content (AvgIpc) is 2.94. The Labute approximate surface area is 138 Å². The molecule has 1 aliphatic rings. The SMILES string of the molecule is Cc1ccc(F)c(N2CCC[C@H](SCc3noc(C)n3)C2=O)c1. The molecule has 7 heteroatoms. The maximum absolute atomic E-state index is 14.1. The van der Waals surface area contributed by atoms with Crippen molar-refractivity contribution in [3.05, 3.63) is 41.3 Å². The first kappa shape index (κ1) is 16.0. The molecular formula is C16H18FN3O2S. The molecule has 0 N–H and O–H groups in total. The lowest BCUT2D eigenvalue weighted by Crippen LogP contribution is -2.43. The first-order valence-electron chi connectivity index (χ1n) is 7.53. The van der Waals surface area contributed by atoms with E-state index in [1.165, 1.54) is 17.8 Å². The molecular weight excluding hydrogens is 317 g/mol. The number of carbonyl (C=O) groups excluding carboxylic acids is 1. The quantitative estimate of drug-likeness (QED) is 0.858. The Bertz CT molecular complexity index is 719. The number of hydrogen-bond acceptors (Lipinski definition) is 5. The molecule has 1 atom stereocenters. The molecule has 2 aromatic rings. The van der Waals surface area contributed by atoms with Gasteiger partial charge in [0.2, 0.25) is 11.8 Å². The van der Waals surface area contributed by atoms with Crippen molar-refractivity contribution >= 4 is 23.4 Å². The van der Waals surface area contributed by atoms with Crippen LogP contribution in [0.25, 0.3) is 0 Å². The number of thioether (sulfide) groups is 1. The van der Waals surface area contributed by atoms with E-state index < -0.39 is 0 Å². The molecule has 1 saturated heterocycles. The molecule has 0 aliphatic carbocycles. The topological polar surface area (TPSA) is 59.2 Å². The number of anilines is 1. The van der Waals surface area contributed by atoms with Gasteiger partial charge in [0.1, 0.15) is 5.82 Å². The Balaban J connectivity index is 1.71. The number of nitrogens with zero attached hydrogens (tertiary/aromatic N) is 3. The van der Waals surface area contributed by atoms with Crippen LogP contribution in [0.15, 0.2) is 22.7 Å². The Morgan fingerprint density at radius 3 is 3.00 bits per heavy atom. The van der Waals surface area contributed by atoms with E-state index in [-0.39, 0.29) is 17.0 Å². The fourth-order valence-corrected chi connectivity index (χ4v) is 3.71. The van der Waals surface area contributed by atoms with E-state index in [9.17, 15) is 9.18 Å². The summed E-state index contributed by atoms with van der Waals surface area (Å²) in [6, 6.07) is 4.84. The molecule has 1 amide bonds. The number of amides is 1. The van der Waals surface area contributed by atoms with Crippen molar-refractivity contribution in [2.75, 3.05) is 11.4 Å². The van der Waals surface area contributed by atoms with E-state index in [0.717, 1.165) is 18.4 Å². The minimum atomic E-state index is -0.358. The van der Waals surface area contributed by atoms with E-state index in [2.05, 4.69) is 10.1 Å². The summed E-state index contributed by atoms with van der Waals surface area (Å²) in [7, 11) is 0. The van der Waals surface area contributed by atoms with Crippen molar-refractivity contribution in [3.63, 3.8) is 0 Å². The number of carbonyl (C=O) groups is 1. The van der Waals surface area contributed by atoms with E-state index in [1.54, 1.807) is 24.0 Å². The Morgan fingerprint density at radius 1 is 1.43 bits per heavy atom. The van der Waals surface area contributed by atoms with Crippen molar-refractivity contribution < 1.29 is 13.7 Å². The van der Waals surface area contributed by atoms with Crippen molar-refractivity contribution in [2.24, 2.45) is 0 Å². The molecule has 1 fully saturated rings. The summed E-state index contributed by atoms with van der Waals surface area (Å²) in [6.45, 7) is 4.18. The number of piperidine rings is 1. The molecule has 1 aromatic carbocycles. The summed E-state index contributed by atoms with van der Waals surface area (Å²) in [6.07, 6.45) is 1.63. The molecule has 122 valence electrons. The molecule has 2 heterocycles. The largest absolute Gasteiger partial charge is 0.340 e. The molecule has 3 rings (SSSR count). The predicted molar refractivity (Wildman–Crippen MR) is 86.8 cm³/mol. The number of hydrogen-bond donors (Lipinski definition) is 0. The van der Waals surface area contributed by atoms with Gasteiger partial charge in [0.15, 0.2) is 5.82 Å². The lowest BCUT2D eigenvalue weighted by Gasteiger charge is -2.32. The van der Waals surface area contributed by atoms with Gasteiger partial charge < -0.3 is 9.42 Å². The number of aromatic nitrogens is 2. The van der Waals surface area contributed by atoms with Crippen LogP contribution in [0.3, 0.4) is 0 Å². The molecule has 5 nitrogen and oxygen atoms in total. The van der Waals surface area contributed by atoms with Crippen LogP contribution in [0, 0.1) is 19.7 Å². The second-order valence-electron chi connectivity index (χ2n) is 5.62. The van der Waals surface area contributed by atoms with Crippen molar-refractivity contribution in [1.29, 1.82) is 0 Å². The zero-order chi connectivity index (χ0) is 16.4. The zero-order valence-electron chi connectivity index (χ0n) is 13.1. The lowest BCUT2D eigenvalue weighted by molar-refractivity contribution is -0.119. The number of halogens is 1. The third-order valence-electron chi connectivity index (χ3n) is 3.77. The molecule has 1 aromatic heterocycles. The molecule has 1 aliphatic heterocycles. The Morgan fingerprint density at radius 2 is 2.26 bits per heavy atom. The van der Waals surface area contributed by atoms with Crippen LogP contribution in [0.5, 0.6) is 0 Å². The highest BCUT2D eigenvalue weighted by Gasteiger charge is 2.31. The average molecular weight is 335 g/mol. The van der Waals surface area contributed by atoms with Gasteiger partial charge in [0.25, 0.3) is 0 Å². The highest BCUT2D eigenvalue weighted by atomic mass is 32.2. The van der Waals surface area contributed by atoms with E-state index >= 15 is 0 Å². The van der Waals surface area contributed by atoms with Crippen LogP contribution in [-0.4, -0.2) is 27.8 Å². The fourth-order valence-electron chi connectivity index (χ4n) is 2.64. The first-order valence-corrected chi connectivity index (χ1v) is 8.58.